The summed E-state index contributed by atoms with van der Waals surface area (Å²) in [6.45, 7) is 5.61. The molecule has 0 N–H and O–H groups in total. The molecular formula is C8H9NS. The molecule has 0 aliphatic rings. The van der Waals surface area contributed by atoms with E-state index < -0.39 is 0 Å². The van der Waals surface area contributed by atoms with E-state index in [9.17, 15) is 0 Å². The Morgan fingerprint density at radius 3 is 3.10 bits per heavy atom. The standard InChI is InChI=1S/C8H9NS/c1-3-5-7-8(4-2)10-6-9-7/h3-6H,1H2,2H3/b7-5+,8-4+. The topological polar surface area (TPSA) is 12.9 Å². The van der Waals surface area contributed by atoms with Gasteiger partial charge in [0.2, 0.25) is 0 Å². The largest absolute Gasteiger partial charge is 0.245 e. The smallest absolute Gasteiger partial charge is 0.0808 e. The van der Waals surface area contributed by atoms with Crippen molar-refractivity contribution < 1.29 is 0 Å². The first-order valence-electron chi connectivity index (χ1n) is 3.07. The van der Waals surface area contributed by atoms with Crippen LogP contribution < -0.4 is 9.88 Å². The van der Waals surface area contributed by atoms with Crippen molar-refractivity contribution in [2.24, 2.45) is 0 Å². The lowest BCUT2D eigenvalue weighted by Crippen LogP contribution is -2.19. The van der Waals surface area contributed by atoms with Crippen LogP contribution in [0.4, 0.5) is 0 Å². The van der Waals surface area contributed by atoms with Gasteiger partial charge < -0.3 is 0 Å². The number of nitrogens with zero attached hydrogens (tertiary/aromatic N) is 1. The number of thiazole rings is 1. The fourth-order valence-corrected chi connectivity index (χ4v) is 1.37. The fraction of sp³-hybridized carbons (Fsp3) is 0.125. The van der Waals surface area contributed by atoms with Crippen LogP contribution in [-0.2, 0) is 0 Å². The van der Waals surface area contributed by atoms with E-state index in [0.29, 0.717) is 0 Å². The lowest BCUT2D eigenvalue weighted by molar-refractivity contribution is 1.32. The van der Waals surface area contributed by atoms with Crippen molar-refractivity contribution >= 4 is 23.5 Å². The average molecular weight is 151 g/mol. The number of hydrogen-bond acceptors (Lipinski definition) is 2. The zero-order valence-corrected chi connectivity index (χ0v) is 6.69. The van der Waals surface area contributed by atoms with Gasteiger partial charge in [0, 0.05) is 0 Å². The van der Waals surface area contributed by atoms with Crippen molar-refractivity contribution in [2.75, 3.05) is 0 Å². The Balaban J connectivity index is 3.41. The molecule has 0 aliphatic heterocycles. The molecule has 10 heavy (non-hydrogen) atoms. The molecular weight excluding hydrogens is 142 g/mol. The third-order valence-corrected chi connectivity index (χ3v) is 2.07. The Morgan fingerprint density at radius 1 is 1.70 bits per heavy atom. The maximum absolute atomic E-state index is 4.14. The Kier molecular flexibility index (Phi) is 2.40. The first-order chi connectivity index (χ1) is 4.88. The second-order valence-electron chi connectivity index (χ2n) is 1.79. The van der Waals surface area contributed by atoms with E-state index in [-0.39, 0.29) is 0 Å². The molecule has 1 heterocycles. The molecule has 1 nitrogen and oxygen atoms in total. The molecule has 1 rings (SSSR count). The summed E-state index contributed by atoms with van der Waals surface area (Å²) in [5, 5.41) is 1.02. The summed E-state index contributed by atoms with van der Waals surface area (Å²) < 4.78 is 1.21. The maximum Gasteiger partial charge on any atom is 0.0808 e. The van der Waals surface area contributed by atoms with Crippen molar-refractivity contribution in [3.63, 3.8) is 0 Å². The summed E-state index contributed by atoms with van der Waals surface area (Å²) in [5.41, 5.74) is 1.84. The average Bonchev–Trinajstić information content (AvgIpc) is 2.36. The minimum absolute atomic E-state index is 1.02. The molecule has 0 radical (unpaired) electrons. The van der Waals surface area contributed by atoms with Crippen molar-refractivity contribution in [1.29, 1.82) is 0 Å². The summed E-state index contributed by atoms with van der Waals surface area (Å²) >= 11 is 1.64. The van der Waals surface area contributed by atoms with E-state index >= 15 is 0 Å². The Morgan fingerprint density at radius 2 is 2.50 bits per heavy atom. The van der Waals surface area contributed by atoms with Crippen LogP contribution in [-0.4, -0.2) is 4.98 Å². The summed E-state index contributed by atoms with van der Waals surface area (Å²) in [7, 11) is 0. The van der Waals surface area contributed by atoms with Crippen molar-refractivity contribution in [3.05, 3.63) is 28.0 Å². The molecule has 52 valence electrons. The van der Waals surface area contributed by atoms with Crippen LogP contribution in [0.5, 0.6) is 0 Å². The third-order valence-electron chi connectivity index (χ3n) is 1.16. The Hall–Kier alpha value is -0.890. The van der Waals surface area contributed by atoms with E-state index in [0.717, 1.165) is 5.35 Å². The van der Waals surface area contributed by atoms with E-state index in [2.05, 4.69) is 11.6 Å². The molecule has 1 aromatic heterocycles. The van der Waals surface area contributed by atoms with Crippen LogP contribution >= 0.6 is 11.3 Å². The molecule has 0 unspecified atom stereocenters. The fourth-order valence-electron chi connectivity index (χ4n) is 0.717. The molecule has 0 aliphatic carbocycles. The minimum Gasteiger partial charge on any atom is -0.245 e. The normalized spacial score (nSPS) is 14.1. The molecule has 0 saturated heterocycles. The van der Waals surface area contributed by atoms with Gasteiger partial charge in [-0.05, 0) is 13.0 Å². The Bertz CT molecular complexity index is 321. The highest BCUT2D eigenvalue weighted by Gasteiger charge is 1.82. The predicted molar refractivity (Wildman–Crippen MR) is 46.2 cm³/mol. The van der Waals surface area contributed by atoms with Gasteiger partial charge in [0.05, 0.1) is 15.4 Å². The molecule has 0 bridgehead atoms. The number of hydrogen-bond donors (Lipinski definition) is 0. The lowest BCUT2D eigenvalue weighted by atomic mass is 10.5. The number of allylic oxidation sites excluding steroid dienone is 1. The van der Waals surface area contributed by atoms with Crippen LogP contribution in [0, 0.1) is 0 Å². The van der Waals surface area contributed by atoms with Crippen LogP contribution in [0.2, 0.25) is 0 Å². The SMILES string of the molecule is C=C/C=c1/ncs/c1=C/C. The van der Waals surface area contributed by atoms with Gasteiger partial charge >= 0.3 is 0 Å². The van der Waals surface area contributed by atoms with Gasteiger partial charge in [-0.2, -0.15) is 0 Å². The first-order valence-corrected chi connectivity index (χ1v) is 3.95. The Labute approximate surface area is 64.0 Å². The number of rotatable bonds is 1. The van der Waals surface area contributed by atoms with Gasteiger partial charge in [-0.15, -0.1) is 11.3 Å². The molecule has 0 aromatic carbocycles. The quantitative estimate of drug-likeness (QED) is 0.581. The second kappa shape index (κ2) is 3.32. The van der Waals surface area contributed by atoms with E-state index in [1.165, 1.54) is 4.53 Å². The third kappa shape index (κ3) is 1.33. The van der Waals surface area contributed by atoms with Crippen molar-refractivity contribution in [1.82, 2.24) is 4.98 Å². The molecule has 0 amide bonds. The predicted octanol–water partition coefficient (Wildman–Crippen LogP) is 0.910. The van der Waals surface area contributed by atoms with Crippen molar-refractivity contribution in [2.45, 2.75) is 6.92 Å². The van der Waals surface area contributed by atoms with E-state index in [1.807, 2.05) is 24.6 Å². The monoisotopic (exact) mass is 151 g/mol. The summed E-state index contributed by atoms with van der Waals surface area (Å²) in [5.74, 6) is 0. The van der Waals surface area contributed by atoms with Gasteiger partial charge in [-0.3, -0.25) is 0 Å². The molecule has 0 atom stereocenters. The zero-order valence-electron chi connectivity index (χ0n) is 5.87. The highest BCUT2D eigenvalue weighted by molar-refractivity contribution is 7.07. The van der Waals surface area contributed by atoms with Crippen LogP contribution in [0.15, 0.2) is 18.2 Å². The molecule has 0 spiro atoms. The maximum atomic E-state index is 4.14. The molecule has 0 fully saturated rings. The van der Waals surface area contributed by atoms with Crippen LogP contribution in [0.1, 0.15) is 6.92 Å². The van der Waals surface area contributed by atoms with Gasteiger partial charge in [0.15, 0.2) is 0 Å². The molecule has 1 aromatic rings. The van der Waals surface area contributed by atoms with E-state index in [1.54, 1.807) is 17.4 Å². The minimum atomic E-state index is 1.02. The lowest BCUT2D eigenvalue weighted by Gasteiger charge is -1.71. The van der Waals surface area contributed by atoms with Gasteiger partial charge in [0.1, 0.15) is 0 Å². The van der Waals surface area contributed by atoms with E-state index in [4.69, 9.17) is 0 Å². The summed E-state index contributed by atoms with van der Waals surface area (Å²) in [6, 6.07) is 0. The van der Waals surface area contributed by atoms with Crippen LogP contribution in [0.25, 0.3) is 12.2 Å². The summed E-state index contributed by atoms with van der Waals surface area (Å²) in [4.78, 5) is 4.14. The zero-order chi connectivity index (χ0) is 7.40. The van der Waals surface area contributed by atoms with Gasteiger partial charge in [0.25, 0.3) is 0 Å². The van der Waals surface area contributed by atoms with Gasteiger partial charge in [-0.25, -0.2) is 4.98 Å². The van der Waals surface area contributed by atoms with Gasteiger partial charge in [-0.1, -0.05) is 18.7 Å². The van der Waals surface area contributed by atoms with Crippen molar-refractivity contribution in [3.8, 4) is 0 Å². The summed E-state index contributed by atoms with van der Waals surface area (Å²) in [6.07, 6.45) is 5.71. The number of aromatic nitrogens is 1. The molecule has 2 heteroatoms. The second-order valence-corrected chi connectivity index (χ2v) is 2.68. The highest BCUT2D eigenvalue weighted by Crippen LogP contribution is 1.75. The van der Waals surface area contributed by atoms with Crippen LogP contribution in [0.3, 0.4) is 0 Å². The molecule has 0 saturated carbocycles. The first kappa shape index (κ1) is 7.22. The highest BCUT2D eigenvalue weighted by atomic mass is 32.1.